The van der Waals surface area contributed by atoms with Gasteiger partial charge >= 0.3 is 0 Å². The van der Waals surface area contributed by atoms with Crippen LogP contribution >= 0.6 is 0 Å². The molecule has 2 N–H and O–H groups in total. The number of rotatable bonds is 3. The Morgan fingerprint density at radius 1 is 1.53 bits per heavy atom. The Kier molecular flexibility index (Phi) is 2.63. The van der Waals surface area contributed by atoms with Crippen molar-refractivity contribution in [1.29, 1.82) is 0 Å². The van der Waals surface area contributed by atoms with Crippen molar-refractivity contribution in [2.75, 3.05) is 6.61 Å². The number of hydrogen-bond acceptors (Lipinski definition) is 3. The van der Waals surface area contributed by atoms with Crippen LogP contribution in [0.25, 0.3) is 0 Å². The van der Waals surface area contributed by atoms with E-state index >= 15 is 0 Å². The predicted octanol–water partition coefficient (Wildman–Crippen LogP) is 1.17. The van der Waals surface area contributed by atoms with Gasteiger partial charge in [-0.1, -0.05) is 0 Å². The molecule has 1 aromatic heterocycles. The third-order valence-corrected chi connectivity index (χ3v) is 3.66. The second-order valence-electron chi connectivity index (χ2n) is 4.93. The van der Waals surface area contributed by atoms with Crippen LogP contribution < -0.4 is 5.73 Å². The van der Waals surface area contributed by atoms with E-state index in [1.165, 1.54) is 6.42 Å². The maximum Gasteiger partial charge on any atom is 0.221 e. The summed E-state index contributed by atoms with van der Waals surface area (Å²) < 4.78 is 7.54. The largest absolute Gasteiger partial charge is 0.369 e. The van der Waals surface area contributed by atoms with Crippen molar-refractivity contribution in [2.24, 2.45) is 11.7 Å². The molecule has 2 heterocycles. The van der Waals surface area contributed by atoms with Crippen LogP contribution in [0, 0.1) is 5.92 Å². The van der Waals surface area contributed by atoms with Crippen molar-refractivity contribution in [3.05, 3.63) is 18.0 Å². The van der Waals surface area contributed by atoms with Crippen LogP contribution in [-0.4, -0.2) is 22.3 Å². The number of nitrogens with two attached hydrogens (primary N) is 1. The van der Waals surface area contributed by atoms with Crippen LogP contribution in [0.3, 0.4) is 0 Å². The van der Waals surface area contributed by atoms with Crippen molar-refractivity contribution in [3.63, 3.8) is 0 Å². The van der Waals surface area contributed by atoms with Crippen LogP contribution in [-0.2, 0) is 9.53 Å². The highest BCUT2D eigenvalue weighted by molar-refractivity contribution is 5.81. The zero-order valence-electron chi connectivity index (χ0n) is 9.71. The van der Waals surface area contributed by atoms with Gasteiger partial charge in [0.05, 0.1) is 6.20 Å². The van der Waals surface area contributed by atoms with Crippen LogP contribution in [0.15, 0.2) is 12.4 Å². The first-order valence-electron chi connectivity index (χ1n) is 6.20. The first-order valence-corrected chi connectivity index (χ1v) is 6.20. The number of nitrogens with zero attached hydrogens (tertiary/aromatic N) is 2. The number of carbonyl (C=O) groups is 1. The van der Waals surface area contributed by atoms with E-state index < -0.39 is 0 Å². The number of primary amides is 1. The minimum atomic E-state index is -0.198. The maximum absolute atomic E-state index is 11.0. The molecule has 0 aromatic carbocycles. The number of amides is 1. The predicted molar refractivity (Wildman–Crippen MR) is 61.1 cm³/mol. The lowest BCUT2D eigenvalue weighted by molar-refractivity contribution is -0.119. The maximum atomic E-state index is 11.0. The van der Waals surface area contributed by atoms with Crippen LogP contribution in [0.5, 0.6) is 0 Å². The summed E-state index contributed by atoms with van der Waals surface area (Å²) in [6, 6.07) is 0. The minimum Gasteiger partial charge on any atom is -0.369 e. The average molecular weight is 235 g/mol. The number of hydrogen-bond donors (Lipinski definition) is 1. The summed E-state index contributed by atoms with van der Waals surface area (Å²) in [5.74, 6) is 0.0985. The SMILES string of the molecule is NC(=O)C1CC1c1cnn(C2CCCCO2)c1. The van der Waals surface area contributed by atoms with E-state index in [4.69, 9.17) is 10.5 Å². The van der Waals surface area contributed by atoms with Gasteiger partial charge in [0.1, 0.15) is 6.23 Å². The number of aromatic nitrogens is 2. The van der Waals surface area contributed by atoms with Crippen molar-refractivity contribution in [3.8, 4) is 0 Å². The number of carbonyl (C=O) groups excluding carboxylic acids is 1. The van der Waals surface area contributed by atoms with Gasteiger partial charge in [0.2, 0.25) is 5.91 Å². The zero-order valence-corrected chi connectivity index (χ0v) is 9.71. The van der Waals surface area contributed by atoms with Gasteiger partial charge in [-0.05, 0) is 37.2 Å². The molecule has 3 atom stereocenters. The van der Waals surface area contributed by atoms with Crippen molar-refractivity contribution >= 4 is 5.91 Å². The van der Waals surface area contributed by atoms with Crippen LogP contribution in [0.2, 0.25) is 0 Å². The molecule has 2 fully saturated rings. The molecule has 0 bridgehead atoms. The molecular weight excluding hydrogens is 218 g/mol. The molecule has 2 aliphatic rings. The fraction of sp³-hybridized carbons (Fsp3) is 0.667. The summed E-state index contributed by atoms with van der Waals surface area (Å²) in [6.07, 6.45) is 8.13. The molecular formula is C12H17N3O2. The molecule has 1 saturated heterocycles. The van der Waals surface area contributed by atoms with E-state index in [0.29, 0.717) is 0 Å². The average Bonchev–Trinajstić information content (AvgIpc) is 3.01. The van der Waals surface area contributed by atoms with E-state index in [2.05, 4.69) is 5.10 Å². The van der Waals surface area contributed by atoms with Gasteiger partial charge in [0, 0.05) is 18.7 Å². The van der Waals surface area contributed by atoms with E-state index in [-0.39, 0.29) is 24.0 Å². The molecule has 3 rings (SSSR count). The third kappa shape index (κ3) is 2.07. The normalized spacial score (nSPS) is 32.4. The Hall–Kier alpha value is -1.36. The lowest BCUT2D eigenvalue weighted by Crippen LogP contribution is -2.18. The van der Waals surface area contributed by atoms with E-state index in [9.17, 15) is 4.79 Å². The van der Waals surface area contributed by atoms with Gasteiger partial charge in [0.15, 0.2) is 0 Å². The molecule has 1 amide bonds. The summed E-state index contributed by atoms with van der Waals surface area (Å²) in [7, 11) is 0. The molecule has 0 spiro atoms. The van der Waals surface area contributed by atoms with Gasteiger partial charge in [-0.3, -0.25) is 4.79 Å². The molecule has 3 unspecified atom stereocenters. The summed E-state index contributed by atoms with van der Waals surface area (Å²) in [6.45, 7) is 0.813. The standard InChI is InChI=1S/C12H17N3O2/c13-12(16)10-5-9(10)8-6-14-15(7-8)11-3-1-2-4-17-11/h6-7,9-11H,1-5H2,(H2,13,16). The zero-order chi connectivity index (χ0) is 11.8. The van der Waals surface area contributed by atoms with E-state index in [1.54, 1.807) is 0 Å². The highest BCUT2D eigenvalue weighted by Crippen LogP contribution is 2.47. The second kappa shape index (κ2) is 4.14. The molecule has 5 heteroatoms. The molecule has 1 saturated carbocycles. The van der Waals surface area contributed by atoms with E-state index in [0.717, 1.165) is 31.4 Å². The fourth-order valence-corrected chi connectivity index (χ4v) is 2.51. The monoisotopic (exact) mass is 235 g/mol. The Morgan fingerprint density at radius 3 is 3.06 bits per heavy atom. The summed E-state index contributed by atoms with van der Waals surface area (Å²) >= 11 is 0. The molecule has 0 radical (unpaired) electrons. The highest BCUT2D eigenvalue weighted by Gasteiger charge is 2.43. The van der Waals surface area contributed by atoms with Crippen LogP contribution in [0.1, 0.15) is 43.4 Å². The van der Waals surface area contributed by atoms with E-state index in [1.807, 2.05) is 17.1 Å². The quantitative estimate of drug-likeness (QED) is 0.855. The third-order valence-electron chi connectivity index (χ3n) is 3.66. The molecule has 1 aliphatic carbocycles. The topological polar surface area (TPSA) is 70.1 Å². The van der Waals surface area contributed by atoms with Gasteiger partial charge in [-0.2, -0.15) is 5.10 Å². The Bertz CT molecular complexity index is 423. The lowest BCUT2D eigenvalue weighted by Gasteiger charge is -2.22. The first kappa shape index (κ1) is 10.8. The van der Waals surface area contributed by atoms with Crippen LogP contribution in [0.4, 0.5) is 0 Å². The van der Waals surface area contributed by atoms with Gasteiger partial charge < -0.3 is 10.5 Å². The summed E-state index contributed by atoms with van der Waals surface area (Å²) in [5, 5.41) is 4.33. The lowest BCUT2D eigenvalue weighted by atomic mass is 10.2. The summed E-state index contributed by atoms with van der Waals surface area (Å²) in [5.41, 5.74) is 6.40. The van der Waals surface area contributed by atoms with Gasteiger partial charge in [-0.25, -0.2) is 4.68 Å². The molecule has 17 heavy (non-hydrogen) atoms. The second-order valence-corrected chi connectivity index (χ2v) is 4.93. The Morgan fingerprint density at radius 2 is 2.41 bits per heavy atom. The fourth-order valence-electron chi connectivity index (χ4n) is 2.51. The first-order chi connectivity index (χ1) is 8.25. The van der Waals surface area contributed by atoms with Gasteiger partial charge in [-0.15, -0.1) is 0 Å². The Balaban J connectivity index is 1.68. The highest BCUT2D eigenvalue weighted by atomic mass is 16.5. The number of ether oxygens (including phenoxy) is 1. The minimum absolute atomic E-state index is 0.0138. The molecule has 1 aliphatic heterocycles. The summed E-state index contributed by atoms with van der Waals surface area (Å²) in [4.78, 5) is 11.0. The molecule has 92 valence electrons. The van der Waals surface area contributed by atoms with Crippen molar-refractivity contribution in [1.82, 2.24) is 9.78 Å². The van der Waals surface area contributed by atoms with Crippen molar-refractivity contribution < 1.29 is 9.53 Å². The smallest absolute Gasteiger partial charge is 0.221 e. The molecule has 1 aromatic rings. The molecule has 5 nitrogen and oxygen atoms in total. The Labute approximate surface area is 99.9 Å². The van der Waals surface area contributed by atoms with Crippen molar-refractivity contribution in [2.45, 2.75) is 37.8 Å². The van der Waals surface area contributed by atoms with Gasteiger partial charge in [0.25, 0.3) is 0 Å².